The van der Waals surface area contributed by atoms with Gasteiger partial charge in [-0.25, -0.2) is 4.98 Å². The third kappa shape index (κ3) is 3.41. The molecule has 0 spiro atoms. The number of amides is 1. The van der Waals surface area contributed by atoms with Gasteiger partial charge in [-0.1, -0.05) is 30.3 Å². The second-order valence-electron chi connectivity index (χ2n) is 5.38. The van der Waals surface area contributed by atoms with Crippen LogP contribution >= 0.6 is 11.3 Å². The molecule has 3 aromatic rings. The zero-order valence-electron chi connectivity index (χ0n) is 13.4. The summed E-state index contributed by atoms with van der Waals surface area (Å²) in [5, 5.41) is 3.65. The van der Waals surface area contributed by atoms with Gasteiger partial charge in [-0.15, -0.1) is 11.3 Å². The molecule has 0 aliphatic heterocycles. The van der Waals surface area contributed by atoms with Crippen molar-refractivity contribution in [2.45, 2.75) is 13.8 Å². The third-order valence-corrected chi connectivity index (χ3v) is 4.60. The van der Waals surface area contributed by atoms with Gasteiger partial charge in [0.05, 0.1) is 0 Å². The molecule has 0 aliphatic rings. The van der Waals surface area contributed by atoms with Crippen LogP contribution in [0.5, 0.6) is 0 Å². The highest BCUT2D eigenvalue weighted by molar-refractivity contribution is 7.15. The molecule has 24 heavy (non-hydrogen) atoms. The van der Waals surface area contributed by atoms with Gasteiger partial charge in [-0.05, 0) is 38.1 Å². The lowest BCUT2D eigenvalue weighted by atomic mass is 10.1. The van der Waals surface area contributed by atoms with Gasteiger partial charge in [0.2, 0.25) is 0 Å². The summed E-state index contributed by atoms with van der Waals surface area (Å²) in [5.41, 5.74) is 2.67. The van der Waals surface area contributed by atoms with Crippen LogP contribution in [0.15, 0.2) is 54.6 Å². The molecule has 1 heterocycles. The summed E-state index contributed by atoms with van der Waals surface area (Å²) in [4.78, 5) is 29.1. The first-order valence-corrected chi connectivity index (χ1v) is 8.31. The summed E-state index contributed by atoms with van der Waals surface area (Å²) in [6.07, 6.45) is 0. The monoisotopic (exact) mass is 336 g/mol. The zero-order chi connectivity index (χ0) is 17.1. The quantitative estimate of drug-likeness (QED) is 0.710. The van der Waals surface area contributed by atoms with Crippen molar-refractivity contribution in [3.8, 4) is 10.6 Å². The number of anilines is 1. The number of Topliss-reactive ketones (excluding diaryl/α,β-unsaturated/α-hetero) is 1. The molecule has 5 heteroatoms. The van der Waals surface area contributed by atoms with Crippen molar-refractivity contribution >= 4 is 28.7 Å². The van der Waals surface area contributed by atoms with Gasteiger partial charge in [0.1, 0.15) is 10.7 Å². The van der Waals surface area contributed by atoms with E-state index in [0.29, 0.717) is 16.9 Å². The number of aromatic nitrogens is 1. The van der Waals surface area contributed by atoms with E-state index >= 15 is 0 Å². The topological polar surface area (TPSA) is 59.1 Å². The maximum Gasteiger partial charge on any atom is 0.275 e. The maximum atomic E-state index is 12.5. The molecule has 0 aliphatic carbocycles. The number of hydrogen-bond acceptors (Lipinski definition) is 4. The number of nitrogens with one attached hydrogen (secondary N) is 1. The number of thiazole rings is 1. The van der Waals surface area contributed by atoms with Gasteiger partial charge in [-0.3, -0.25) is 9.59 Å². The molecule has 1 amide bonds. The first-order valence-electron chi connectivity index (χ1n) is 7.50. The summed E-state index contributed by atoms with van der Waals surface area (Å²) in [6, 6.07) is 16.6. The molecule has 1 N–H and O–H groups in total. The van der Waals surface area contributed by atoms with Crippen LogP contribution in [0, 0.1) is 6.92 Å². The van der Waals surface area contributed by atoms with Crippen molar-refractivity contribution in [1.82, 2.24) is 4.98 Å². The molecule has 3 rings (SSSR count). The number of benzene rings is 2. The summed E-state index contributed by atoms with van der Waals surface area (Å²) < 4.78 is 0. The minimum Gasteiger partial charge on any atom is -0.321 e. The molecule has 0 radical (unpaired) electrons. The predicted octanol–water partition coefficient (Wildman–Crippen LogP) is 4.57. The van der Waals surface area contributed by atoms with E-state index in [4.69, 9.17) is 0 Å². The standard InChI is InChI=1S/C19H16N2O2S/c1-12(22)14-8-10-16(11-9-14)20-18(23)17-13(2)24-19(21-17)15-6-4-3-5-7-15/h3-11H,1-2H3,(H,20,23). The molecule has 2 aromatic carbocycles. The Balaban J connectivity index is 1.80. The highest BCUT2D eigenvalue weighted by Gasteiger charge is 2.16. The number of ketones is 1. The van der Waals surface area contributed by atoms with Crippen molar-refractivity contribution < 1.29 is 9.59 Å². The van der Waals surface area contributed by atoms with Crippen molar-refractivity contribution in [2.75, 3.05) is 5.32 Å². The fourth-order valence-corrected chi connectivity index (χ4v) is 3.21. The van der Waals surface area contributed by atoms with Crippen LogP contribution in [0.4, 0.5) is 5.69 Å². The Morgan fingerprint density at radius 1 is 1.00 bits per heavy atom. The first-order chi connectivity index (χ1) is 11.5. The van der Waals surface area contributed by atoms with E-state index in [1.165, 1.54) is 18.3 Å². The van der Waals surface area contributed by atoms with Gasteiger partial charge >= 0.3 is 0 Å². The smallest absolute Gasteiger partial charge is 0.275 e. The van der Waals surface area contributed by atoms with Gasteiger partial charge in [0.25, 0.3) is 5.91 Å². The van der Waals surface area contributed by atoms with Gasteiger partial charge < -0.3 is 5.32 Å². The molecule has 0 fully saturated rings. The number of hydrogen-bond donors (Lipinski definition) is 1. The Kier molecular flexibility index (Phi) is 4.53. The minimum atomic E-state index is -0.249. The lowest BCUT2D eigenvalue weighted by Gasteiger charge is -2.04. The number of carbonyl (C=O) groups is 2. The van der Waals surface area contributed by atoms with E-state index in [1.54, 1.807) is 24.3 Å². The molecule has 4 nitrogen and oxygen atoms in total. The van der Waals surface area contributed by atoms with Crippen molar-refractivity contribution in [3.05, 3.63) is 70.7 Å². The van der Waals surface area contributed by atoms with Crippen LogP contribution in [-0.4, -0.2) is 16.7 Å². The summed E-state index contributed by atoms with van der Waals surface area (Å²) in [7, 11) is 0. The van der Waals surface area contributed by atoms with Crippen LogP contribution in [0.2, 0.25) is 0 Å². The average Bonchev–Trinajstić information content (AvgIpc) is 2.98. The highest BCUT2D eigenvalue weighted by atomic mass is 32.1. The third-order valence-electron chi connectivity index (χ3n) is 3.58. The molecule has 120 valence electrons. The number of rotatable bonds is 4. The maximum absolute atomic E-state index is 12.5. The van der Waals surface area contributed by atoms with Crippen LogP contribution in [0.3, 0.4) is 0 Å². The molecule has 0 bridgehead atoms. The molecular formula is C19H16N2O2S. The average molecular weight is 336 g/mol. The predicted molar refractivity (Wildman–Crippen MR) is 96.7 cm³/mol. The van der Waals surface area contributed by atoms with Gasteiger partial charge in [-0.2, -0.15) is 0 Å². The zero-order valence-corrected chi connectivity index (χ0v) is 14.2. The Morgan fingerprint density at radius 2 is 1.67 bits per heavy atom. The van der Waals surface area contributed by atoms with E-state index in [1.807, 2.05) is 37.3 Å². The normalized spacial score (nSPS) is 10.4. The minimum absolute atomic E-state index is 0.00396. The second kappa shape index (κ2) is 6.76. The van der Waals surface area contributed by atoms with Gasteiger partial charge in [0.15, 0.2) is 5.78 Å². The SMILES string of the molecule is CC(=O)c1ccc(NC(=O)c2nc(-c3ccccc3)sc2C)cc1. The van der Waals surface area contributed by atoms with E-state index in [9.17, 15) is 9.59 Å². The number of carbonyl (C=O) groups excluding carboxylic acids is 2. The van der Waals surface area contributed by atoms with E-state index in [0.717, 1.165) is 15.4 Å². The molecule has 1 aromatic heterocycles. The van der Waals surface area contributed by atoms with Crippen molar-refractivity contribution in [1.29, 1.82) is 0 Å². The van der Waals surface area contributed by atoms with Crippen LogP contribution in [0.25, 0.3) is 10.6 Å². The molecule has 0 saturated carbocycles. The first kappa shape index (κ1) is 16.1. The Hall–Kier alpha value is -2.79. The molecule has 0 unspecified atom stereocenters. The van der Waals surface area contributed by atoms with E-state index in [-0.39, 0.29) is 11.7 Å². The largest absolute Gasteiger partial charge is 0.321 e. The fourth-order valence-electron chi connectivity index (χ4n) is 2.29. The fraction of sp³-hybridized carbons (Fsp3) is 0.105. The second-order valence-corrected chi connectivity index (χ2v) is 6.58. The van der Waals surface area contributed by atoms with Crippen molar-refractivity contribution in [2.24, 2.45) is 0 Å². The van der Waals surface area contributed by atoms with Crippen LogP contribution in [-0.2, 0) is 0 Å². The van der Waals surface area contributed by atoms with E-state index in [2.05, 4.69) is 10.3 Å². The summed E-state index contributed by atoms with van der Waals surface area (Å²) in [5.74, 6) is -0.253. The lowest BCUT2D eigenvalue weighted by molar-refractivity contribution is 0.101. The summed E-state index contributed by atoms with van der Waals surface area (Å²) in [6.45, 7) is 3.40. The Labute approximate surface area is 144 Å². The highest BCUT2D eigenvalue weighted by Crippen LogP contribution is 2.27. The van der Waals surface area contributed by atoms with Crippen LogP contribution in [0.1, 0.15) is 32.6 Å². The number of nitrogens with zero attached hydrogens (tertiary/aromatic N) is 1. The molecule has 0 saturated heterocycles. The summed E-state index contributed by atoms with van der Waals surface area (Å²) >= 11 is 1.50. The molecular weight excluding hydrogens is 320 g/mol. The number of aryl methyl sites for hydroxylation is 1. The van der Waals surface area contributed by atoms with Crippen LogP contribution < -0.4 is 5.32 Å². The lowest BCUT2D eigenvalue weighted by Crippen LogP contribution is -2.13. The molecule has 0 atom stereocenters. The Bertz CT molecular complexity index is 883. The Morgan fingerprint density at radius 3 is 2.29 bits per heavy atom. The van der Waals surface area contributed by atoms with E-state index < -0.39 is 0 Å². The van der Waals surface area contributed by atoms with Crippen molar-refractivity contribution in [3.63, 3.8) is 0 Å². The van der Waals surface area contributed by atoms with Gasteiger partial charge in [0, 0.05) is 21.7 Å².